The van der Waals surface area contributed by atoms with Gasteiger partial charge in [0.2, 0.25) is 17.7 Å². The van der Waals surface area contributed by atoms with Crippen LogP contribution in [0.4, 0.5) is 0 Å². The van der Waals surface area contributed by atoms with Gasteiger partial charge in [0.05, 0.1) is 12.6 Å². The molecule has 4 atom stereocenters. The zero-order valence-corrected chi connectivity index (χ0v) is 16.8. The molecule has 0 bridgehead atoms. The smallest absolute Gasteiger partial charge is 0.328 e. The topological polar surface area (TPSA) is 171 Å². The lowest BCUT2D eigenvalue weighted by molar-refractivity contribution is -0.145. The van der Waals surface area contributed by atoms with E-state index in [1.165, 1.54) is 18.7 Å². The van der Waals surface area contributed by atoms with Crippen LogP contribution in [0, 0.1) is 5.92 Å². The summed E-state index contributed by atoms with van der Waals surface area (Å²) < 4.78 is 0. The molecule has 0 aliphatic rings. The van der Waals surface area contributed by atoms with Crippen LogP contribution in [0.5, 0.6) is 0 Å². The summed E-state index contributed by atoms with van der Waals surface area (Å²) in [5.74, 6) is -2.94. The highest BCUT2D eigenvalue weighted by Crippen LogP contribution is 2.07. The molecule has 7 N–H and O–H groups in total. The predicted octanol–water partition coefficient (Wildman–Crippen LogP) is -1.73. The van der Waals surface area contributed by atoms with Crippen molar-refractivity contribution >= 4 is 35.5 Å². The van der Waals surface area contributed by atoms with Crippen LogP contribution in [0.25, 0.3) is 0 Å². The van der Waals surface area contributed by atoms with Crippen LogP contribution >= 0.6 is 11.8 Å². The van der Waals surface area contributed by atoms with Crippen molar-refractivity contribution in [2.75, 3.05) is 18.6 Å². The van der Waals surface area contributed by atoms with E-state index in [9.17, 15) is 24.3 Å². The molecule has 0 saturated heterocycles. The van der Waals surface area contributed by atoms with Crippen LogP contribution in [-0.4, -0.2) is 76.7 Å². The van der Waals surface area contributed by atoms with Gasteiger partial charge in [-0.15, -0.1) is 0 Å². The number of rotatable bonds is 12. The Morgan fingerprint density at radius 1 is 1.00 bits per heavy atom. The first-order chi connectivity index (χ1) is 12.5. The van der Waals surface area contributed by atoms with E-state index in [4.69, 9.17) is 10.8 Å². The highest BCUT2D eigenvalue weighted by atomic mass is 32.2. The van der Waals surface area contributed by atoms with Crippen LogP contribution in [0.15, 0.2) is 0 Å². The minimum atomic E-state index is -1.50. The lowest BCUT2D eigenvalue weighted by atomic mass is 10.0. The molecule has 0 aliphatic carbocycles. The summed E-state index contributed by atoms with van der Waals surface area (Å²) in [5, 5.41) is 25.9. The van der Waals surface area contributed by atoms with E-state index in [0.29, 0.717) is 12.2 Å². The lowest BCUT2D eigenvalue weighted by Gasteiger charge is -2.27. The summed E-state index contributed by atoms with van der Waals surface area (Å²) in [6.45, 7) is 4.32. The van der Waals surface area contributed by atoms with Crippen molar-refractivity contribution < 1.29 is 29.4 Å². The number of thioether (sulfide) groups is 1. The van der Waals surface area contributed by atoms with Crippen LogP contribution in [0.3, 0.4) is 0 Å². The third-order valence-corrected chi connectivity index (χ3v) is 4.38. The van der Waals surface area contributed by atoms with Gasteiger partial charge in [0.25, 0.3) is 0 Å². The average Bonchev–Trinajstić information content (AvgIpc) is 2.59. The third-order valence-electron chi connectivity index (χ3n) is 3.74. The van der Waals surface area contributed by atoms with Gasteiger partial charge in [0.15, 0.2) is 6.04 Å². The molecule has 0 saturated carbocycles. The number of carbonyl (C=O) groups excluding carboxylic acids is 3. The second kappa shape index (κ2) is 12.5. The van der Waals surface area contributed by atoms with Crippen molar-refractivity contribution in [3.05, 3.63) is 0 Å². The third kappa shape index (κ3) is 9.07. The standard InChI is InChI=1S/C16H30N4O6S/c1-8(2)12(15(24)20-13(9(3)21)16(25)26)19-14(23)10(5-6-27-4)18-11(22)7-17/h8-10,12-13,21H,5-7,17H2,1-4H3,(H,18,22)(H,19,23)(H,20,24)(H,25,26). The maximum atomic E-state index is 12.6. The SMILES string of the molecule is CSCCC(NC(=O)CN)C(=O)NC(C(=O)NC(C(=O)O)C(C)O)C(C)C. The van der Waals surface area contributed by atoms with Crippen LogP contribution in [-0.2, 0) is 19.2 Å². The maximum Gasteiger partial charge on any atom is 0.328 e. The Labute approximate surface area is 163 Å². The van der Waals surface area contributed by atoms with E-state index in [1.807, 2.05) is 6.26 Å². The molecular formula is C16H30N4O6S. The Morgan fingerprint density at radius 2 is 1.56 bits per heavy atom. The molecule has 0 aromatic heterocycles. The Hall–Kier alpha value is -1.85. The summed E-state index contributed by atoms with van der Waals surface area (Å²) in [7, 11) is 0. The van der Waals surface area contributed by atoms with Gasteiger partial charge in [-0.3, -0.25) is 14.4 Å². The molecule has 0 spiro atoms. The average molecular weight is 407 g/mol. The van der Waals surface area contributed by atoms with Crippen LogP contribution in [0.1, 0.15) is 27.2 Å². The molecule has 10 nitrogen and oxygen atoms in total. The number of hydrogen-bond acceptors (Lipinski definition) is 7. The number of nitrogens with two attached hydrogens (primary N) is 1. The minimum absolute atomic E-state index is 0.272. The Bertz CT molecular complexity index is 529. The van der Waals surface area contributed by atoms with Gasteiger partial charge in [0, 0.05) is 0 Å². The zero-order chi connectivity index (χ0) is 21.1. The van der Waals surface area contributed by atoms with Crippen molar-refractivity contribution in [2.24, 2.45) is 11.7 Å². The summed E-state index contributed by atoms with van der Waals surface area (Å²) >= 11 is 1.49. The first-order valence-electron chi connectivity index (χ1n) is 8.55. The van der Waals surface area contributed by atoms with Gasteiger partial charge in [-0.1, -0.05) is 13.8 Å². The van der Waals surface area contributed by atoms with Crippen LogP contribution < -0.4 is 21.7 Å². The predicted molar refractivity (Wildman–Crippen MR) is 102 cm³/mol. The van der Waals surface area contributed by atoms with Gasteiger partial charge < -0.3 is 31.9 Å². The van der Waals surface area contributed by atoms with E-state index in [0.717, 1.165) is 0 Å². The number of amides is 3. The number of carbonyl (C=O) groups is 4. The van der Waals surface area contributed by atoms with Gasteiger partial charge in [-0.25, -0.2) is 4.79 Å². The highest BCUT2D eigenvalue weighted by molar-refractivity contribution is 7.98. The fourth-order valence-corrected chi connectivity index (χ4v) is 2.65. The number of aliphatic hydroxyl groups excluding tert-OH is 1. The second-order valence-corrected chi connectivity index (χ2v) is 7.39. The number of carboxylic acids is 1. The van der Waals surface area contributed by atoms with Gasteiger partial charge in [0.1, 0.15) is 12.1 Å². The molecule has 0 heterocycles. The number of carboxylic acid groups (broad SMARTS) is 1. The van der Waals surface area contributed by atoms with E-state index in [-0.39, 0.29) is 12.5 Å². The largest absolute Gasteiger partial charge is 0.480 e. The van der Waals surface area contributed by atoms with Gasteiger partial charge in [-0.2, -0.15) is 11.8 Å². The summed E-state index contributed by atoms with van der Waals surface area (Å²) in [5.41, 5.74) is 5.27. The maximum absolute atomic E-state index is 12.6. The molecule has 0 radical (unpaired) electrons. The monoisotopic (exact) mass is 406 g/mol. The molecular weight excluding hydrogens is 376 g/mol. The van der Waals surface area contributed by atoms with Crippen molar-refractivity contribution in [3.63, 3.8) is 0 Å². The first kappa shape index (κ1) is 25.1. The van der Waals surface area contributed by atoms with Crippen molar-refractivity contribution in [1.29, 1.82) is 0 Å². The van der Waals surface area contributed by atoms with Gasteiger partial charge >= 0.3 is 5.97 Å². The van der Waals surface area contributed by atoms with E-state index in [1.54, 1.807) is 13.8 Å². The lowest BCUT2D eigenvalue weighted by Crippen LogP contribution is -2.59. The fourth-order valence-electron chi connectivity index (χ4n) is 2.18. The molecule has 0 rings (SSSR count). The molecule has 0 fully saturated rings. The van der Waals surface area contributed by atoms with E-state index < -0.39 is 47.9 Å². The molecule has 0 aromatic carbocycles. The molecule has 11 heteroatoms. The molecule has 156 valence electrons. The molecule has 3 amide bonds. The number of aliphatic carboxylic acids is 1. The second-order valence-electron chi connectivity index (χ2n) is 6.40. The van der Waals surface area contributed by atoms with Crippen molar-refractivity contribution in [3.8, 4) is 0 Å². The molecule has 0 aromatic rings. The Kier molecular flexibility index (Phi) is 11.7. The summed E-state index contributed by atoms with van der Waals surface area (Å²) in [4.78, 5) is 47.7. The quantitative estimate of drug-likeness (QED) is 0.222. The van der Waals surface area contributed by atoms with E-state index in [2.05, 4.69) is 16.0 Å². The van der Waals surface area contributed by atoms with Crippen molar-refractivity contribution in [1.82, 2.24) is 16.0 Å². The molecule has 0 aliphatic heterocycles. The number of aliphatic hydroxyl groups is 1. The molecule has 27 heavy (non-hydrogen) atoms. The normalized spacial score (nSPS) is 15.4. The van der Waals surface area contributed by atoms with E-state index >= 15 is 0 Å². The number of hydrogen-bond donors (Lipinski definition) is 6. The Morgan fingerprint density at radius 3 is 1.96 bits per heavy atom. The Balaban J connectivity index is 5.22. The van der Waals surface area contributed by atoms with Gasteiger partial charge in [-0.05, 0) is 31.3 Å². The fraction of sp³-hybridized carbons (Fsp3) is 0.750. The number of nitrogens with one attached hydrogen (secondary N) is 3. The summed E-state index contributed by atoms with van der Waals surface area (Å²) in [6.07, 6.45) is 0.885. The minimum Gasteiger partial charge on any atom is -0.480 e. The molecule has 4 unspecified atom stereocenters. The zero-order valence-electron chi connectivity index (χ0n) is 16.0. The van der Waals surface area contributed by atoms with Crippen molar-refractivity contribution in [2.45, 2.75) is 51.4 Å². The van der Waals surface area contributed by atoms with Crippen LogP contribution in [0.2, 0.25) is 0 Å². The summed E-state index contributed by atoms with van der Waals surface area (Å²) in [6, 6.07) is -3.40. The highest BCUT2D eigenvalue weighted by Gasteiger charge is 2.32. The first-order valence-corrected chi connectivity index (χ1v) is 9.94.